The number of halogens is 2. The Hall–Kier alpha value is -2.17. The van der Waals surface area contributed by atoms with Gasteiger partial charge in [0.25, 0.3) is 0 Å². The number of hydrogen-bond acceptors (Lipinski definition) is 3. The smallest absolute Gasteiger partial charge is 0.140 e. The van der Waals surface area contributed by atoms with Crippen molar-refractivity contribution in [3.05, 3.63) is 64.1 Å². The van der Waals surface area contributed by atoms with Gasteiger partial charge in [0.05, 0.1) is 31.4 Å². The fraction of sp³-hybridized carbons (Fsp3) is 0.143. The highest BCUT2D eigenvalue weighted by Crippen LogP contribution is 2.46. The molecule has 3 aromatic carbocycles. The summed E-state index contributed by atoms with van der Waals surface area (Å²) in [5.74, 6) is 2.17. The molecule has 0 radical (unpaired) electrons. The van der Waals surface area contributed by atoms with Gasteiger partial charge in [-0.15, -0.1) is 0 Å². The number of rotatable bonds is 5. The maximum atomic E-state index is 6.44. The summed E-state index contributed by atoms with van der Waals surface area (Å²) >= 11 is 10.1. The van der Waals surface area contributed by atoms with E-state index in [1.54, 1.807) is 21.3 Å². The summed E-state index contributed by atoms with van der Waals surface area (Å²) in [7, 11) is 4.93. The second-order valence-electron chi connectivity index (χ2n) is 5.56. The van der Waals surface area contributed by atoms with E-state index < -0.39 is 0 Å². The highest BCUT2D eigenvalue weighted by Gasteiger charge is 2.19. The summed E-state index contributed by atoms with van der Waals surface area (Å²) in [6, 6.07) is 17.4. The van der Waals surface area contributed by atoms with Crippen molar-refractivity contribution in [2.75, 3.05) is 21.3 Å². The Morgan fingerprint density at radius 1 is 0.769 bits per heavy atom. The lowest BCUT2D eigenvalue weighted by Crippen LogP contribution is -1.95. The summed E-state index contributed by atoms with van der Waals surface area (Å²) in [6.07, 6.45) is 0. The van der Waals surface area contributed by atoms with Gasteiger partial charge >= 0.3 is 0 Å². The van der Waals surface area contributed by atoms with Crippen molar-refractivity contribution < 1.29 is 14.2 Å². The Bertz CT molecular complexity index is 918. The van der Waals surface area contributed by atoms with Crippen molar-refractivity contribution in [1.29, 1.82) is 0 Å². The standard InChI is InChI=1S/C21H18BrClO3/c1-24-18-9-6-10-19(25-2)20(18)13-11-15(21(26-3)16(22)12-13)14-7-4-5-8-17(14)23/h4-12H,1-3H3. The minimum atomic E-state index is 0.654. The maximum Gasteiger partial charge on any atom is 0.140 e. The van der Waals surface area contributed by atoms with Crippen LogP contribution in [0.4, 0.5) is 0 Å². The normalized spacial score (nSPS) is 10.5. The van der Waals surface area contributed by atoms with Gasteiger partial charge in [-0.2, -0.15) is 0 Å². The molecule has 0 amide bonds. The lowest BCUT2D eigenvalue weighted by atomic mass is 9.97. The van der Waals surface area contributed by atoms with E-state index in [2.05, 4.69) is 15.9 Å². The molecular formula is C21H18BrClO3. The second kappa shape index (κ2) is 8.02. The lowest BCUT2D eigenvalue weighted by Gasteiger charge is -2.17. The molecular weight excluding hydrogens is 416 g/mol. The Morgan fingerprint density at radius 2 is 1.42 bits per heavy atom. The quantitative estimate of drug-likeness (QED) is 0.462. The van der Waals surface area contributed by atoms with Crippen LogP contribution in [0, 0.1) is 0 Å². The Kier molecular flexibility index (Phi) is 5.74. The van der Waals surface area contributed by atoms with E-state index >= 15 is 0 Å². The Labute approximate surface area is 166 Å². The molecule has 0 aliphatic heterocycles. The zero-order chi connectivity index (χ0) is 18.7. The number of hydrogen-bond donors (Lipinski definition) is 0. The van der Waals surface area contributed by atoms with Gasteiger partial charge in [0.2, 0.25) is 0 Å². The van der Waals surface area contributed by atoms with E-state index in [1.165, 1.54) is 0 Å². The van der Waals surface area contributed by atoms with Gasteiger partial charge in [-0.05, 0) is 51.8 Å². The molecule has 3 nitrogen and oxygen atoms in total. The summed E-state index contributed by atoms with van der Waals surface area (Å²) < 4.78 is 17.6. The molecule has 0 aliphatic rings. The van der Waals surface area contributed by atoms with Crippen molar-refractivity contribution in [3.63, 3.8) is 0 Å². The van der Waals surface area contributed by atoms with E-state index in [1.807, 2.05) is 54.6 Å². The Balaban J connectivity index is 2.32. The second-order valence-corrected chi connectivity index (χ2v) is 6.82. The van der Waals surface area contributed by atoms with Crippen LogP contribution in [0.2, 0.25) is 5.02 Å². The molecule has 0 saturated carbocycles. The van der Waals surface area contributed by atoms with Crippen molar-refractivity contribution in [2.24, 2.45) is 0 Å². The first-order valence-electron chi connectivity index (χ1n) is 7.94. The lowest BCUT2D eigenvalue weighted by molar-refractivity contribution is 0.397. The number of ether oxygens (including phenoxy) is 3. The fourth-order valence-electron chi connectivity index (χ4n) is 2.96. The first-order chi connectivity index (χ1) is 12.6. The molecule has 3 rings (SSSR count). The average molecular weight is 434 g/mol. The summed E-state index contributed by atoms with van der Waals surface area (Å²) in [4.78, 5) is 0. The Morgan fingerprint density at radius 3 is 2.00 bits per heavy atom. The molecule has 0 saturated heterocycles. The SMILES string of the molecule is COc1cccc(OC)c1-c1cc(Br)c(OC)c(-c2ccccc2Cl)c1. The molecule has 5 heteroatoms. The van der Waals surface area contributed by atoms with Crippen LogP contribution in [-0.4, -0.2) is 21.3 Å². The van der Waals surface area contributed by atoms with Gasteiger partial charge in [0, 0.05) is 16.1 Å². The maximum absolute atomic E-state index is 6.44. The molecule has 0 aliphatic carbocycles. The predicted molar refractivity (Wildman–Crippen MR) is 110 cm³/mol. The predicted octanol–water partition coefficient (Wildman–Crippen LogP) is 6.46. The van der Waals surface area contributed by atoms with Crippen LogP contribution in [0.3, 0.4) is 0 Å². The number of benzene rings is 3. The van der Waals surface area contributed by atoms with E-state index in [0.717, 1.165) is 44.0 Å². The molecule has 0 unspecified atom stereocenters. The first kappa shape index (κ1) is 18.6. The largest absolute Gasteiger partial charge is 0.496 e. The van der Waals surface area contributed by atoms with Crippen LogP contribution in [-0.2, 0) is 0 Å². The molecule has 0 aromatic heterocycles. The van der Waals surface area contributed by atoms with Crippen molar-refractivity contribution >= 4 is 27.5 Å². The van der Waals surface area contributed by atoms with Crippen LogP contribution in [0.1, 0.15) is 0 Å². The van der Waals surface area contributed by atoms with Gasteiger partial charge < -0.3 is 14.2 Å². The minimum Gasteiger partial charge on any atom is -0.496 e. The molecule has 134 valence electrons. The molecule has 26 heavy (non-hydrogen) atoms. The van der Waals surface area contributed by atoms with Crippen molar-refractivity contribution in [3.8, 4) is 39.5 Å². The summed E-state index contributed by atoms with van der Waals surface area (Å²) in [5, 5.41) is 0.654. The van der Waals surface area contributed by atoms with E-state index in [9.17, 15) is 0 Å². The average Bonchev–Trinajstić information content (AvgIpc) is 2.67. The monoisotopic (exact) mass is 432 g/mol. The van der Waals surface area contributed by atoms with Crippen molar-refractivity contribution in [2.45, 2.75) is 0 Å². The highest BCUT2D eigenvalue weighted by atomic mass is 79.9. The van der Waals surface area contributed by atoms with E-state index in [4.69, 9.17) is 25.8 Å². The zero-order valence-corrected chi connectivity index (χ0v) is 17.0. The van der Waals surface area contributed by atoms with E-state index in [0.29, 0.717) is 5.02 Å². The topological polar surface area (TPSA) is 27.7 Å². The summed E-state index contributed by atoms with van der Waals surface area (Å²) in [6.45, 7) is 0. The van der Waals surface area contributed by atoms with Gasteiger partial charge in [-0.3, -0.25) is 0 Å². The minimum absolute atomic E-state index is 0.654. The van der Waals surface area contributed by atoms with Gasteiger partial charge in [0.15, 0.2) is 0 Å². The molecule has 0 bridgehead atoms. The molecule has 0 spiro atoms. The molecule has 0 N–H and O–H groups in total. The van der Waals surface area contributed by atoms with Crippen LogP contribution >= 0.6 is 27.5 Å². The van der Waals surface area contributed by atoms with Gasteiger partial charge in [-0.1, -0.05) is 35.9 Å². The van der Waals surface area contributed by atoms with Crippen LogP contribution in [0.5, 0.6) is 17.2 Å². The molecule has 0 fully saturated rings. The fourth-order valence-corrected chi connectivity index (χ4v) is 3.82. The van der Waals surface area contributed by atoms with Crippen LogP contribution < -0.4 is 14.2 Å². The van der Waals surface area contributed by atoms with Crippen LogP contribution in [0.25, 0.3) is 22.3 Å². The van der Waals surface area contributed by atoms with Gasteiger partial charge in [0.1, 0.15) is 17.2 Å². The molecule has 0 heterocycles. The summed E-state index contributed by atoms with van der Waals surface area (Å²) in [5.41, 5.74) is 3.58. The third kappa shape index (κ3) is 3.39. The highest BCUT2D eigenvalue weighted by molar-refractivity contribution is 9.10. The van der Waals surface area contributed by atoms with Crippen molar-refractivity contribution in [1.82, 2.24) is 0 Å². The molecule has 0 atom stereocenters. The first-order valence-corrected chi connectivity index (χ1v) is 9.11. The zero-order valence-electron chi connectivity index (χ0n) is 14.7. The van der Waals surface area contributed by atoms with Crippen LogP contribution in [0.15, 0.2) is 59.1 Å². The third-order valence-corrected chi connectivity index (χ3v) is 5.05. The third-order valence-electron chi connectivity index (χ3n) is 4.13. The van der Waals surface area contributed by atoms with Gasteiger partial charge in [-0.25, -0.2) is 0 Å². The van der Waals surface area contributed by atoms with E-state index in [-0.39, 0.29) is 0 Å². The molecule has 3 aromatic rings. The number of methoxy groups -OCH3 is 3.